The van der Waals surface area contributed by atoms with Crippen molar-refractivity contribution in [3.8, 4) is 0 Å². The van der Waals surface area contributed by atoms with Gasteiger partial charge in [-0.1, -0.05) is 39.0 Å². The number of piperidine rings is 1. The first kappa shape index (κ1) is 14.8. The molecule has 0 spiro atoms. The SMILES string of the molecule is CCCC1CCCC(NC2CCN3CCCCC23)CC1. The van der Waals surface area contributed by atoms with E-state index in [2.05, 4.69) is 17.1 Å². The maximum Gasteiger partial charge on any atom is 0.0249 e. The molecule has 2 heteroatoms. The van der Waals surface area contributed by atoms with E-state index in [9.17, 15) is 0 Å². The van der Waals surface area contributed by atoms with E-state index in [0.717, 1.165) is 24.0 Å². The van der Waals surface area contributed by atoms with Crippen LogP contribution in [0.15, 0.2) is 0 Å². The first-order chi connectivity index (χ1) is 9.86. The fraction of sp³-hybridized carbons (Fsp3) is 1.00. The van der Waals surface area contributed by atoms with Crippen LogP contribution in [0.3, 0.4) is 0 Å². The quantitative estimate of drug-likeness (QED) is 0.783. The van der Waals surface area contributed by atoms with Crippen molar-refractivity contribution in [2.75, 3.05) is 13.1 Å². The highest BCUT2D eigenvalue weighted by Gasteiger charge is 2.36. The Labute approximate surface area is 125 Å². The van der Waals surface area contributed by atoms with Gasteiger partial charge in [0.25, 0.3) is 0 Å². The molecule has 1 saturated carbocycles. The lowest BCUT2D eigenvalue weighted by atomic mass is 9.95. The third kappa shape index (κ3) is 3.57. The van der Waals surface area contributed by atoms with Crippen LogP contribution in [0, 0.1) is 5.92 Å². The van der Waals surface area contributed by atoms with E-state index in [1.165, 1.54) is 83.7 Å². The van der Waals surface area contributed by atoms with Gasteiger partial charge in [0.2, 0.25) is 0 Å². The van der Waals surface area contributed by atoms with Gasteiger partial charge in [-0.3, -0.25) is 4.90 Å². The second-order valence-electron chi connectivity index (χ2n) is 7.52. The van der Waals surface area contributed by atoms with Crippen LogP contribution < -0.4 is 5.32 Å². The van der Waals surface area contributed by atoms with Gasteiger partial charge in [-0.15, -0.1) is 0 Å². The molecule has 2 saturated heterocycles. The van der Waals surface area contributed by atoms with Gasteiger partial charge < -0.3 is 5.32 Å². The molecule has 0 bridgehead atoms. The molecule has 0 aromatic heterocycles. The normalized spacial score (nSPS) is 39.5. The Kier molecular flexibility index (Phi) is 5.39. The minimum absolute atomic E-state index is 0.808. The van der Waals surface area contributed by atoms with Crippen molar-refractivity contribution in [2.24, 2.45) is 5.92 Å². The van der Waals surface area contributed by atoms with Gasteiger partial charge in [0, 0.05) is 24.7 Å². The maximum atomic E-state index is 4.08. The van der Waals surface area contributed by atoms with Crippen molar-refractivity contribution in [3.63, 3.8) is 0 Å². The van der Waals surface area contributed by atoms with Crippen LogP contribution in [0.1, 0.15) is 77.6 Å². The largest absolute Gasteiger partial charge is 0.310 e. The predicted molar refractivity (Wildman–Crippen MR) is 86.0 cm³/mol. The molecular formula is C18H34N2. The molecule has 0 amide bonds. The molecule has 2 heterocycles. The van der Waals surface area contributed by atoms with Crippen LogP contribution in [0.25, 0.3) is 0 Å². The molecule has 1 N–H and O–H groups in total. The molecule has 0 aromatic rings. The monoisotopic (exact) mass is 278 g/mol. The van der Waals surface area contributed by atoms with Crippen molar-refractivity contribution in [2.45, 2.75) is 95.7 Å². The zero-order chi connectivity index (χ0) is 13.8. The summed E-state index contributed by atoms with van der Waals surface area (Å²) in [7, 11) is 0. The molecule has 3 aliphatic rings. The highest BCUT2D eigenvalue weighted by molar-refractivity contribution is 4.95. The molecule has 0 radical (unpaired) electrons. The van der Waals surface area contributed by atoms with Gasteiger partial charge in [0.15, 0.2) is 0 Å². The van der Waals surface area contributed by atoms with E-state index in [4.69, 9.17) is 0 Å². The van der Waals surface area contributed by atoms with E-state index >= 15 is 0 Å². The summed E-state index contributed by atoms with van der Waals surface area (Å²) in [5, 5.41) is 4.08. The van der Waals surface area contributed by atoms with E-state index < -0.39 is 0 Å². The standard InChI is InChI=1S/C18H34N2/c1-2-6-15-7-5-8-16(11-10-15)19-17-12-14-20-13-4-3-9-18(17)20/h15-19H,2-14H2,1H3. The number of rotatable bonds is 4. The highest BCUT2D eigenvalue weighted by atomic mass is 15.2. The number of hydrogen-bond acceptors (Lipinski definition) is 2. The van der Waals surface area contributed by atoms with Crippen LogP contribution in [0.4, 0.5) is 0 Å². The number of hydrogen-bond donors (Lipinski definition) is 1. The number of nitrogens with one attached hydrogen (secondary N) is 1. The molecule has 20 heavy (non-hydrogen) atoms. The van der Waals surface area contributed by atoms with Crippen LogP contribution >= 0.6 is 0 Å². The Hall–Kier alpha value is -0.0800. The van der Waals surface area contributed by atoms with E-state index in [1.54, 1.807) is 0 Å². The third-order valence-electron chi connectivity index (χ3n) is 6.09. The minimum atomic E-state index is 0.808. The van der Waals surface area contributed by atoms with Gasteiger partial charge in [-0.2, -0.15) is 0 Å². The molecule has 4 unspecified atom stereocenters. The van der Waals surface area contributed by atoms with Gasteiger partial charge in [0.05, 0.1) is 0 Å². The fourth-order valence-corrected chi connectivity index (χ4v) is 4.99. The molecule has 2 aliphatic heterocycles. The van der Waals surface area contributed by atoms with Crippen molar-refractivity contribution >= 4 is 0 Å². The Bertz CT molecular complexity index is 291. The van der Waals surface area contributed by atoms with Gasteiger partial charge in [-0.05, 0) is 51.0 Å². The average molecular weight is 278 g/mol. The summed E-state index contributed by atoms with van der Waals surface area (Å²) in [4.78, 5) is 2.76. The second-order valence-corrected chi connectivity index (χ2v) is 7.52. The first-order valence-electron chi connectivity index (χ1n) is 9.37. The van der Waals surface area contributed by atoms with Crippen LogP contribution in [0.2, 0.25) is 0 Å². The number of nitrogens with zero attached hydrogens (tertiary/aromatic N) is 1. The summed E-state index contributed by atoms with van der Waals surface area (Å²) in [6.45, 7) is 5.07. The van der Waals surface area contributed by atoms with Gasteiger partial charge in [0.1, 0.15) is 0 Å². The lowest BCUT2D eigenvalue weighted by Gasteiger charge is -2.34. The summed E-state index contributed by atoms with van der Waals surface area (Å²) in [6.07, 6.45) is 15.9. The summed E-state index contributed by atoms with van der Waals surface area (Å²) in [5.41, 5.74) is 0. The van der Waals surface area contributed by atoms with E-state index in [1.807, 2.05) is 0 Å². The van der Waals surface area contributed by atoms with Crippen molar-refractivity contribution in [3.05, 3.63) is 0 Å². The molecule has 1 aliphatic carbocycles. The average Bonchev–Trinajstić information content (AvgIpc) is 2.74. The van der Waals surface area contributed by atoms with Crippen molar-refractivity contribution in [1.29, 1.82) is 0 Å². The smallest absolute Gasteiger partial charge is 0.0249 e. The maximum absolute atomic E-state index is 4.08. The number of fused-ring (bicyclic) bond motifs is 1. The molecular weight excluding hydrogens is 244 g/mol. The Balaban J connectivity index is 1.48. The van der Waals surface area contributed by atoms with Crippen LogP contribution in [-0.2, 0) is 0 Å². The van der Waals surface area contributed by atoms with Crippen molar-refractivity contribution < 1.29 is 0 Å². The molecule has 3 rings (SSSR count). The molecule has 116 valence electrons. The van der Waals surface area contributed by atoms with Gasteiger partial charge >= 0.3 is 0 Å². The Morgan fingerprint density at radius 3 is 2.75 bits per heavy atom. The zero-order valence-corrected chi connectivity index (χ0v) is 13.4. The Morgan fingerprint density at radius 2 is 1.85 bits per heavy atom. The van der Waals surface area contributed by atoms with Gasteiger partial charge in [-0.25, -0.2) is 0 Å². The zero-order valence-electron chi connectivity index (χ0n) is 13.4. The predicted octanol–water partition coefficient (Wildman–Crippen LogP) is 3.95. The lowest BCUT2D eigenvalue weighted by molar-refractivity contribution is 0.175. The topological polar surface area (TPSA) is 15.3 Å². The second kappa shape index (κ2) is 7.26. The highest BCUT2D eigenvalue weighted by Crippen LogP contribution is 2.30. The van der Waals surface area contributed by atoms with E-state index in [-0.39, 0.29) is 0 Å². The van der Waals surface area contributed by atoms with Crippen molar-refractivity contribution in [1.82, 2.24) is 10.2 Å². The Morgan fingerprint density at radius 1 is 0.900 bits per heavy atom. The molecule has 2 nitrogen and oxygen atoms in total. The first-order valence-corrected chi connectivity index (χ1v) is 9.37. The molecule has 4 atom stereocenters. The summed E-state index contributed by atoms with van der Waals surface area (Å²) in [6, 6.07) is 2.50. The fourth-order valence-electron chi connectivity index (χ4n) is 4.99. The van der Waals surface area contributed by atoms with E-state index in [0.29, 0.717) is 0 Å². The minimum Gasteiger partial charge on any atom is -0.310 e. The molecule has 0 aromatic carbocycles. The molecule has 3 fully saturated rings. The summed E-state index contributed by atoms with van der Waals surface area (Å²) in [5.74, 6) is 1.03. The summed E-state index contributed by atoms with van der Waals surface area (Å²) >= 11 is 0. The summed E-state index contributed by atoms with van der Waals surface area (Å²) < 4.78 is 0. The van der Waals surface area contributed by atoms with Crippen LogP contribution in [0.5, 0.6) is 0 Å². The van der Waals surface area contributed by atoms with Crippen LogP contribution in [-0.4, -0.2) is 36.1 Å². The lowest BCUT2D eigenvalue weighted by Crippen LogP contribution is -2.48. The third-order valence-corrected chi connectivity index (χ3v) is 6.09.